The van der Waals surface area contributed by atoms with E-state index in [9.17, 15) is 8.42 Å². The Morgan fingerprint density at radius 3 is 2.47 bits per heavy atom. The smallest absolute Gasteiger partial charge is 0.215 e. The number of hydrogen-bond donors (Lipinski definition) is 2. The van der Waals surface area contributed by atoms with Crippen molar-refractivity contribution in [2.75, 3.05) is 6.54 Å². The Morgan fingerprint density at radius 2 is 1.84 bits per heavy atom. The van der Waals surface area contributed by atoms with Crippen LogP contribution in [0.5, 0.6) is 0 Å². The number of nitrogens with one attached hydrogen (secondary N) is 2. The van der Waals surface area contributed by atoms with Gasteiger partial charge in [0.1, 0.15) is 0 Å². The minimum absolute atomic E-state index is 0.159. The summed E-state index contributed by atoms with van der Waals surface area (Å²) in [6.07, 6.45) is 8.02. The van der Waals surface area contributed by atoms with Crippen LogP contribution in [-0.4, -0.2) is 32.3 Å². The van der Waals surface area contributed by atoms with Crippen molar-refractivity contribution in [2.45, 2.75) is 76.1 Å². The molecule has 0 saturated heterocycles. The molecule has 19 heavy (non-hydrogen) atoms. The molecule has 2 N–H and O–H groups in total. The molecule has 2 fully saturated rings. The molecule has 0 spiro atoms. The summed E-state index contributed by atoms with van der Waals surface area (Å²) in [5.74, 6) is 0.520. The van der Waals surface area contributed by atoms with Crippen LogP contribution in [0.1, 0.15) is 58.8 Å². The summed E-state index contributed by atoms with van der Waals surface area (Å²) in [5, 5.41) is 2.97. The van der Waals surface area contributed by atoms with Gasteiger partial charge >= 0.3 is 0 Å². The Bertz CT molecular complexity index is 379. The van der Waals surface area contributed by atoms with E-state index in [0.717, 1.165) is 19.3 Å². The highest BCUT2D eigenvalue weighted by molar-refractivity contribution is 7.90. The van der Waals surface area contributed by atoms with Crippen LogP contribution >= 0.6 is 0 Å². The highest BCUT2D eigenvalue weighted by Crippen LogP contribution is 2.27. The van der Waals surface area contributed by atoms with Crippen molar-refractivity contribution in [3.63, 3.8) is 0 Å². The third-order valence-electron chi connectivity index (χ3n) is 4.55. The molecule has 0 amide bonds. The van der Waals surface area contributed by atoms with E-state index in [4.69, 9.17) is 0 Å². The van der Waals surface area contributed by atoms with Crippen molar-refractivity contribution in [3.8, 4) is 0 Å². The quantitative estimate of drug-likeness (QED) is 0.753. The van der Waals surface area contributed by atoms with E-state index in [-0.39, 0.29) is 11.3 Å². The normalized spacial score (nSPS) is 30.2. The number of hydrogen-bond acceptors (Lipinski definition) is 3. The topological polar surface area (TPSA) is 58.2 Å². The fraction of sp³-hybridized carbons (Fsp3) is 1.00. The zero-order valence-electron chi connectivity index (χ0n) is 12.2. The van der Waals surface area contributed by atoms with Crippen LogP contribution in [0.4, 0.5) is 0 Å². The molecule has 112 valence electrons. The van der Waals surface area contributed by atoms with Gasteiger partial charge in [0.15, 0.2) is 0 Å². The van der Waals surface area contributed by atoms with E-state index in [2.05, 4.69) is 17.0 Å². The maximum absolute atomic E-state index is 12.3. The van der Waals surface area contributed by atoms with E-state index in [1.807, 2.05) is 6.92 Å². The van der Waals surface area contributed by atoms with Crippen molar-refractivity contribution in [3.05, 3.63) is 0 Å². The molecule has 2 rings (SSSR count). The van der Waals surface area contributed by atoms with E-state index in [1.54, 1.807) is 0 Å². The summed E-state index contributed by atoms with van der Waals surface area (Å²) in [7, 11) is -3.18. The molecule has 2 aliphatic rings. The monoisotopic (exact) mass is 288 g/mol. The summed E-state index contributed by atoms with van der Waals surface area (Å²) in [6.45, 7) is 4.54. The SMILES string of the molecule is CCC1CCCCC1NS(=O)(=O)C(C)CNC1CC1. The van der Waals surface area contributed by atoms with Crippen LogP contribution in [0.3, 0.4) is 0 Å². The van der Waals surface area contributed by atoms with Crippen LogP contribution in [-0.2, 0) is 10.0 Å². The molecule has 0 aromatic heterocycles. The van der Waals surface area contributed by atoms with Crippen LogP contribution in [0.2, 0.25) is 0 Å². The summed E-state index contributed by atoms with van der Waals surface area (Å²) in [5.41, 5.74) is 0. The molecule has 3 atom stereocenters. The van der Waals surface area contributed by atoms with Crippen LogP contribution in [0, 0.1) is 5.92 Å². The van der Waals surface area contributed by atoms with Gasteiger partial charge in [0.25, 0.3) is 0 Å². The summed E-state index contributed by atoms with van der Waals surface area (Å²) in [6, 6.07) is 0.725. The highest BCUT2D eigenvalue weighted by Gasteiger charge is 2.31. The van der Waals surface area contributed by atoms with Crippen molar-refractivity contribution in [2.24, 2.45) is 5.92 Å². The van der Waals surface area contributed by atoms with Crippen LogP contribution < -0.4 is 10.0 Å². The second-order valence-corrected chi connectivity index (χ2v) is 8.35. The fourth-order valence-corrected chi connectivity index (χ4v) is 4.19. The molecular weight excluding hydrogens is 260 g/mol. The molecule has 0 aliphatic heterocycles. The maximum atomic E-state index is 12.3. The van der Waals surface area contributed by atoms with Gasteiger partial charge in [-0.25, -0.2) is 13.1 Å². The zero-order valence-corrected chi connectivity index (χ0v) is 13.0. The molecule has 0 radical (unpaired) electrons. The van der Waals surface area contributed by atoms with Gasteiger partial charge in [-0.2, -0.15) is 0 Å². The van der Waals surface area contributed by atoms with Crippen molar-refractivity contribution in [1.29, 1.82) is 0 Å². The third kappa shape index (κ3) is 4.43. The predicted octanol–water partition coefficient (Wildman–Crippen LogP) is 2.02. The first-order valence-electron chi connectivity index (χ1n) is 7.77. The Balaban J connectivity index is 1.86. The molecule has 0 heterocycles. The Kier molecular flexibility index (Phi) is 5.26. The van der Waals surface area contributed by atoms with Gasteiger partial charge < -0.3 is 5.32 Å². The zero-order chi connectivity index (χ0) is 13.9. The third-order valence-corrected chi connectivity index (χ3v) is 6.41. The number of sulfonamides is 1. The Labute approximate surface area is 117 Å². The second-order valence-electron chi connectivity index (χ2n) is 6.22. The molecule has 2 aliphatic carbocycles. The lowest BCUT2D eigenvalue weighted by Crippen LogP contribution is -2.47. The molecular formula is C14H28N2O2S. The van der Waals surface area contributed by atoms with E-state index < -0.39 is 10.0 Å². The van der Waals surface area contributed by atoms with Gasteiger partial charge in [0.2, 0.25) is 10.0 Å². The largest absolute Gasteiger partial charge is 0.313 e. The Morgan fingerprint density at radius 1 is 1.16 bits per heavy atom. The van der Waals surface area contributed by atoms with Gasteiger partial charge in [-0.1, -0.05) is 26.2 Å². The second kappa shape index (κ2) is 6.55. The molecule has 0 aromatic carbocycles. The van der Waals surface area contributed by atoms with Gasteiger partial charge in [0, 0.05) is 18.6 Å². The predicted molar refractivity (Wildman–Crippen MR) is 78.6 cm³/mol. The van der Waals surface area contributed by atoms with Crippen molar-refractivity contribution >= 4 is 10.0 Å². The minimum Gasteiger partial charge on any atom is -0.313 e. The molecule has 0 bridgehead atoms. The molecule has 3 unspecified atom stereocenters. The van der Waals surface area contributed by atoms with Gasteiger partial charge in [0.05, 0.1) is 5.25 Å². The van der Waals surface area contributed by atoms with Crippen LogP contribution in [0.15, 0.2) is 0 Å². The van der Waals surface area contributed by atoms with Gasteiger partial charge in [-0.15, -0.1) is 0 Å². The lowest BCUT2D eigenvalue weighted by atomic mass is 9.83. The lowest BCUT2D eigenvalue weighted by molar-refractivity contribution is 0.281. The number of rotatable bonds is 7. The maximum Gasteiger partial charge on any atom is 0.215 e. The molecule has 4 nitrogen and oxygen atoms in total. The van der Waals surface area contributed by atoms with E-state index in [1.165, 1.54) is 25.7 Å². The molecule has 2 saturated carbocycles. The first-order chi connectivity index (χ1) is 9.03. The van der Waals surface area contributed by atoms with Gasteiger partial charge in [-0.3, -0.25) is 0 Å². The van der Waals surface area contributed by atoms with Crippen molar-refractivity contribution in [1.82, 2.24) is 10.0 Å². The Hall–Kier alpha value is -0.130. The van der Waals surface area contributed by atoms with E-state index in [0.29, 0.717) is 18.5 Å². The molecule has 5 heteroatoms. The van der Waals surface area contributed by atoms with Gasteiger partial charge in [-0.05, 0) is 38.5 Å². The first kappa shape index (κ1) is 15.3. The summed E-state index contributed by atoms with van der Waals surface area (Å²) in [4.78, 5) is 0. The standard InChI is InChI=1S/C14H28N2O2S/c1-3-12-6-4-5-7-14(12)16-19(17,18)11(2)10-15-13-8-9-13/h11-16H,3-10H2,1-2H3. The highest BCUT2D eigenvalue weighted by atomic mass is 32.2. The summed E-state index contributed by atoms with van der Waals surface area (Å²) < 4.78 is 27.7. The van der Waals surface area contributed by atoms with E-state index >= 15 is 0 Å². The summed E-state index contributed by atoms with van der Waals surface area (Å²) >= 11 is 0. The minimum atomic E-state index is -3.18. The van der Waals surface area contributed by atoms with Crippen LogP contribution in [0.25, 0.3) is 0 Å². The average molecular weight is 288 g/mol. The fourth-order valence-electron chi connectivity index (χ4n) is 2.91. The average Bonchev–Trinajstić information content (AvgIpc) is 3.20. The first-order valence-corrected chi connectivity index (χ1v) is 9.32. The molecule has 0 aromatic rings. The lowest BCUT2D eigenvalue weighted by Gasteiger charge is -2.32. The van der Waals surface area contributed by atoms with Crippen molar-refractivity contribution < 1.29 is 8.42 Å².